The van der Waals surface area contributed by atoms with E-state index in [0.29, 0.717) is 0 Å². The van der Waals surface area contributed by atoms with Gasteiger partial charge in [0.05, 0.1) is 0 Å². The molecule has 0 heteroatoms. The molecule has 0 radical (unpaired) electrons. The highest BCUT2D eigenvalue weighted by Gasteiger charge is 2.12. The first-order chi connectivity index (χ1) is 5.43. The molecule has 0 atom stereocenters. The molecule has 0 aliphatic heterocycles. The van der Waals surface area contributed by atoms with Crippen LogP contribution in [0.2, 0.25) is 0 Å². The molecule has 0 aromatic rings. The first-order valence-corrected chi connectivity index (χ1v) is 5.08. The fourth-order valence-corrected chi connectivity index (χ4v) is 1.64. The molecule has 0 rings (SSSR count). The van der Waals surface area contributed by atoms with E-state index in [0.717, 1.165) is 17.8 Å². The Morgan fingerprint density at radius 2 is 1.33 bits per heavy atom. The van der Waals surface area contributed by atoms with Crippen LogP contribution in [0.1, 0.15) is 47.5 Å². The van der Waals surface area contributed by atoms with E-state index >= 15 is 0 Å². The van der Waals surface area contributed by atoms with Gasteiger partial charge in [0, 0.05) is 0 Å². The molecule has 0 bridgehead atoms. The van der Waals surface area contributed by atoms with Crippen LogP contribution in [0.25, 0.3) is 0 Å². The smallest absolute Gasteiger partial charge is 0.0204 e. The van der Waals surface area contributed by atoms with Crippen molar-refractivity contribution in [1.29, 1.82) is 0 Å². The van der Waals surface area contributed by atoms with Gasteiger partial charge < -0.3 is 0 Å². The van der Waals surface area contributed by atoms with Gasteiger partial charge in [0.15, 0.2) is 0 Å². The molecule has 0 aromatic heterocycles. The Kier molecular flexibility index (Phi) is 5.28. The Morgan fingerprint density at radius 3 is 1.50 bits per heavy atom. The summed E-state index contributed by atoms with van der Waals surface area (Å²) < 4.78 is 0. The fraction of sp³-hybridized carbons (Fsp3) is 0.833. The molecular weight excluding hydrogens is 144 g/mol. The quantitative estimate of drug-likeness (QED) is 0.538. The minimum atomic E-state index is 0.741. The lowest BCUT2D eigenvalue weighted by Crippen LogP contribution is -2.08. The summed E-state index contributed by atoms with van der Waals surface area (Å²) >= 11 is 0. The van der Waals surface area contributed by atoms with Crippen LogP contribution in [0, 0.1) is 17.8 Å². The van der Waals surface area contributed by atoms with Crippen molar-refractivity contribution >= 4 is 0 Å². The predicted octanol–water partition coefficient (Wildman–Crippen LogP) is 4.27. The third-order valence-corrected chi connectivity index (χ3v) is 2.21. The summed E-state index contributed by atoms with van der Waals surface area (Å²) in [6.45, 7) is 15.4. The van der Waals surface area contributed by atoms with Crippen molar-refractivity contribution in [3.63, 3.8) is 0 Å². The predicted molar refractivity (Wildman–Crippen MR) is 57.2 cm³/mol. The Bertz CT molecular complexity index is 121. The van der Waals surface area contributed by atoms with E-state index in [1.165, 1.54) is 18.4 Å². The molecule has 0 aliphatic rings. The van der Waals surface area contributed by atoms with E-state index in [1.807, 2.05) is 0 Å². The summed E-state index contributed by atoms with van der Waals surface area (Å²) in [6, 6.07) is 0. The molecule has 0 saturated heterocycles. The van der Waals surface area contributed by atoms with Gasteiger partial charge in [-0.2, -0.15) is 0 Å². The largest absolute Gasteiger partial charge is 0.0999 e. The second kappa shape index (κ2) is 5.40. The van der Waals surface area contributed by atoms with Gasteiger partial charge in [0.1, 0.15) is 0 Å². The monoisotopic (exact) mass is 168 g/mol. The van der Waals surface area contributed by atoms with Crippen molar-refractivity contribution < 1.29 is 0 Å². The summed E-state index contributed by atoms with van der Waals surface area (Å²) in [5, 5.41) is 0. The summed E-state index contributed by atoms with van der Waals surface area (Å²) in [6.07, 6.45) is 2.60. The van der Waals surface area contributed by atoms with Crippen LogP contribution in [0.3, 0.4) is 0 Å². The van der Waals surface area contributed by atoms with E-state index < -0.39 is 0 Å². The van der Waals surface area contributed by atoms with Crippen molar-refractivity contribution in [1.82, 2.24) is 0 Å². The highest BCUT2D eigenvalue weighted by Crippen LogP contribution is 2.25. The molecule has 0 aromatic carbocycles. The van der Waals surface area contributed by atoms with Gasteiger partial charge in [-0.3, -0.25) is 0 Å². The molecule has 0 nitrogen and oxygen atoms in total. The zero-order valence-corrected chi connectivity index (χ0v) is 9.35. The third-order valence-electron chi connectivity index (χ3n) is 2.21. The van der Waals surface area contributed by atoms with E-state index in [4.69, 9.17) is 0 Å². The fourth-order valence-electron chi connectivity index (χ4n) is 1.64. The molecule has 0 heterocycles. The zero-order chi connectivity index (χ0) is 9.72. The summed E-state index contributed by atoms with van der Waals surface area (Å²) in [5.41, 5.74) is 1.36. The summed E-state index contributed by atoms with van der Waals surface area (Å²) in [5.74, 6) is 2.33. The van der Waals surface area contributed by atoms with Crippen LogP contribution >= 0.6 is 0 Å². The molecule has 0 saturated carbocycles. The normalized spacial score (nSPS) is 11.7. The second-order valence-corrected chi connectivity index (χ2v) is 4.80. The van der Waals surface area contributed by atoms with Gasteiger partial charge in [0.25, 0.3) is 0 Å². The van der Waals surface area contributed by atoms with Crippen LogP contribution in [0.15, 0.2) is 12.2 Å². The number of hydrogen-bond donors (Lipinski definition) is 0. The van der Waals surface area contributed by atoms with E-state index in [2.05, 4.69) is 41.2 Å². The molecule has 0 N–H and O–H groups in total. The van der Waals surface area contributed by atoms with Gasteiger partial charge in [0.2, 0.25) is 0 Å². The van der Waals surface area contributed by atoms with Crippen LogP contribution in [0.4, 0.5) is 0 Å². The molecule has 0 amide bonds. The Morgan fingerprint density at radius 1 is 1.00 bits per heavy atom. The van der Waals surface area contributed by atoms with Crippen molar-refractivity contribution in [3.05, 3.63) is 12.2 Å². The maximum atomic E-state index is 4.06. The Labute approximate surface area is 78.1 Å². The standard InChI is InChI=1S/C12H24/c1-9(2)7-12(11(5)6)8-10(3)4/h9-10,12H,5,7-8H2,1-4,6H3. The van der Waals surface area contributed by atoms with Crippen LogP contribution in [0.5, 0.6) is 0 Å². The highest BCUT2D eigenvalue weighted by molar-refractivity contribution is 4.96. The van der Waals surface area contributed by atoms with E-state index in [1.54, 1.807) is 0 Å². The maximum absolute atomic E-state index is 4.06. The van der Waals surface area contributed by atoms with E-state index in [-0.39, 0.29) is 0 Å². The molecule has 72 valence electrons. The van der Waals surface area contributed by atoms with Gasteiger partial charge in [-0.25, -0.2) is 0 Å². The zero-order valence-electron chi connectivity index (χ0n) is 9.35. The van der Waals surface area contributed by atoms with Crippen molar-refractivity contribution in [2.45, 2.75) is 47.5 Å². The first-order valence-electron chi connectivity index (χ1n) is 5.08. The number of rotatable bonds is 5. The molecule has 0 unspecified atom stereocenters. The third kappa shape index (κ3) is 5.40. The second-order valence-electron chi connectivity index (χ2n) is 4.80. The van der Waals surface area contributed by atoms with Crippen LogP contribution < -0.4 is 0 Å². The highest BCUT2D eigenvalue weighted by atomic mass is 14.2. The first kappa shape index (κ1) is 11.7. The lowest BCUT2D eigenvalue weighted by atomic mass is 9.85. The maximum Gasteiger partial charge on any atom is -0.0204 e. The van der Waals surface area contributed by atoms with Crippen molar-refractivity contribution in [2.75, 3.05) is 0 Å². The topological polar surface area (TPSA) is 0 Å². The average molecular weight is 168 g/mol. The van der Waals surface area contributed by atoms with Gasteiger partial charge in [-0.05, 0) is 37.5 Å². The Balaban J connectivity index is 3.96. The van der Waals surface area contributed by atoms with Crippen LogP contribution in [-0.4, -0.2) is 0 Å². The minimum absolute atomic E-state index is 0.741. The SMILES string of the molecule is C=C(C)C(CC(C)C)CC(C)C. The van der Waals surface area contributed by atoms with E-state index in [9.17, 15) is 0 Å². The van der Waals surface area contributed by atoms with Crippen molar-refractivity contribution in [2.24, 2.45) is 17.8 Å². The summed E-state index contributed by atoms with van der Waals surface area (Å²) in [4.78, 5) is 0. The van der Waals surface area contributed by atoms with Crippen LogP contribution in [-0.2, 0) is 0 Å². The van der Waals surface area contributed by atoms with Crippen molar-refractivity contribution in [3.8, 4) is 0 Å². The number of allylic oxidation sites excluding steroid dienone is 1. The van der Waals surface area contributed by atoms with Gasteiger partial charge in [-0.1, -0.05) is 39.8 Å². The molecule has 0 spiro atoms. The van der Waals surface area contributed by atoms with Gasteiger partial charge in [-0.15, -0.1) is 0 Å². The lowest BCUT2D eigenvalue weighted by Gasteiger charge is -2.20. The Hall–Kier alpha value is -0.260. The van der Waals surface area contributed by atoms with Gasteiger partial charge >= 0.3 is 0 Å². The average Bonchev–Trinajstić information content (AvgIpc) is 1.83. The summed E-state index contributed by atoms with van der Waals surface area (Å²) in [7, 11) is 0. The molecular formula is C12H24. The molecule has 0 fully saturated rings. The molecule has 0 aliphatic carbocycles. The number of hydrogen-bond acceptors (Lipinski definition) is 0. The minimum Gasteiger partial charge on any atom is -0.0999 e. The molecule has 12 heavy (non-hydrogen) atoms. The lowest BCUT2D eigenvalue weighted by molar-refractivity contribution is 0.386.